The fourth-order valence-electron chi connectivity index (χ4n) is 2.59. The van der Waals surface area contributed by atoms with E-state index in [4.69, 9.17) is 11.6 Å². The van der Waals surface area contributed by atoms with Gasteiger partial charge >= 0.3 is 0 Å². The van der Waals surface area contributed by atoms with E-state index in [0.29, 0.717) is 10.8 Å². The third-order valence-corrected chi connectivity index (χ3v) is 6.30. The molecule has 3 nitrogen and oxygen atoms in total. The van der Waals surface area contributed by atoms with Crippen LogP contribution in [0.5, 0.6) is 0 Å². The lowest BCUT2D eigenvalue weighted by molar-refractivity contribution is 0.380. The molecule has 1 aliphatic rings. The molecule has 1 N–H and O–H groups in total. The molecular formula is C15H22ClNO2S. The zero-order valence-corrected chi connectivity index (χ0v) is 13.4. The second kappa shape index (κ2) is 6.81. The van der Waals surface area contributed by atoms with Crippen LogP contribution in [-0.4, -0.2) is 26.1 Å². The van der Waals surface area contributed by atoms with Gasteiger partial charge in [-0.05, 0) is 43.0 Å². The van der Waals surface area contributed by atoms with Gasteiger partial charge < -0.3 is 5.32 Å². The molecule has 0 aromatic heterocycles. The molecule has 2 atom stereocenters. The average molecular weight is 316 g/mol. The van der Waals surface area contributed by atoms with Crippen molar-refractivity contribution < 1.29 is 8.42 Å². The van der Waals surface area contributed by atoms with Gasteiger partial charge in [0.05, 0.1) is 10.6 Å². The Morgan fingerprint density at radius 1 is 1.20 bits per heavy atom. The number of sulfone groups is 1. The molecule has 0 spiro atoms. The van der Waals surface area contributed by atoms with Gasteiger partial charge in [-0.2, -0.15) is 0 Å². The molecule has 1 fully saturated rings. The lowest BCUT2D eigenvalue weighted by Crippen LogP contribution is -2.26. The summed E-state index contributed by atoms with van der Waals surface area (Å²) in [5.74, 6) is 0.639. The van der Waals surface area contributed by atoms with E-state index >= 15 is 0 Å². The molecular weight excluding hydrogens is 294 g/mol. The zero-order valence-electron chi connectivity index (χ0n) is 11.8. The highest BCUT2D eigenvalue weighted by molar-refractivity contribution is 7.91. The van der Waals surface area contributed by atoms with Crippen LogP contribution in [0.4, 0.5) is 5.69 Å². The minimum absolute atomic E-state index is 0.135. The summed E-state index contributed by atoms with van der Waals surface area (Å²) >= 11 is 6.33. The topological polar surface area (TPSA) is 46.2 Å². The Bertz CT molecular complexity index is 527. The minimum Gasteiger partial charge on any atom is -0.385 e. The van der Waals surface area contributed by atoms with Crippen LogP contribution in [0.25, 0.3) is 0 Å². The summed E-state index contributed by atoms with van der Waals surface area (Å²) in [6.45, 7) is 2.51. The monoisotopic (exact) mass is 315 g/mol. The highest BCUT2D eigenvalue weighted by Crippen LogP contribution is 2.29. The van der Waals surface area contributed by atoms with Gasteiger partial charge in [-0.25, -0.2) is 8.42 Å². The van der Waals surface area contributed by atoms with Crippen LogP contribution in [0.3, 0.4) is 0 Å². The number of alkyl halides is 1. The van der Waals surface area contributed by atoms with E-state index in [1.165, 1.54) is 19.3 Å². The molecule has 20 heavy (non-hydrogen) atoms. The molecule has 5 heteroatoms. The van der Waals surface area contributed by atoms with E-state index in [2.05, 4.69) is 5.32 Å². The van der Waals surface area contributed by atoms with E-state index in [1.54, 1.807) is 19.1 Å². The van der Waals surface area contributed by atoms with Crippen molar-refractivity contribution in [3.63, 3.8) is 0 Å². The van der Waals surface area contributed by atoms with Crippen LogP contribution in [0.15, 0.2) is 29.2 Å². The predicted octanol–water partition coefficient (Wildman–Crippen LogP) is 3.69. The summed E-state index contributed by atoms with van der Waals surface area (Å²) in [5, 5.41) is 3.62. The van der Waals surface area contributed by atoms with Gasteiger partial charge in [-0.3, -0.25) is 0 Å². The first-order valence-corrected chi connectivity index (χ1v) is 9.32. The largest absolute Gasteiger partial charge is 0.385 e. The van der Waals surface area contributed by atoms with Gasteiger partial charge in [-0.15, -0.1) is 11.6 Å². The van der Waals surface area contributed by atoms with E-state index in [1.807, 2.05) is 12.1 Å². The van der Waals surface area contributed by atoms with Gasteiger partial charge in [-0.1, -0.05) is 19.8 Å². The maximum atomic E-state index is 11.7. The number of benzene rings is 1. The maximum Gasteiger partial charge on any atom is 0.178 e. The first-order chi connectivity index (χ1) is 9.53. The van der Waals surface area contributed by atoms with Crippen molar-refractivity contribution in [2.75, 3.05) is 17.6 Å². The molecule has 2 unspecified atom stereocenters. The molecule has 2 rings (SSSR count). The third-order valence-electron chi connectivity index (χ3n) is 3.98. The van der Waals surface area contributed by atoms with Gasteiger partial charge in [0.15, 0.2) is 9.84 Å². The Kier molecular flexibility index (Phi) is 5.33. The fourth-order valence-corrected chi connectivity index (χ4v) is 3.84. The highest BCUT2D eigenvalue weighted by atomic mass is 35.5. The summed E-state index contributed by atoms with van der Waals surface area (Å²) in [6.07, 6.45) is 4.75. The molecule has 0 bridgehead atoms. The summed E-state index contributed by atoms with van der Waals surface area (Å²) in [7, 11) is -3.11. The normalized spacial score (nSPS) is 23.5. The minimum atomic E-state index is -3.11. The number of nitrogens with one attached hydrogen (secondary N) is 1. The first kappa shape index (κ1) is 15.6. The quantitative estimate of drug-likeness (QED) is 0.843. The molecule has 1 aromatic rings. The Morgan fingerprint density at radius 3 is 2.45 bits per heavy atom. The maximum absolute atomic E-state index is 11.7. The molecule has 0 heterocycles. The van der Waals surface area contributed by atoms with Gasteiger partial charge in [0.1, 0.15) is 0 Å². The van der Waals surface area contributed by atoms with Crippen molar-refractivity contribution in [2.45, 2.75) is 42.9 Å². The summed E-state index contributed by atoms with van der Waals surface area (Å²) in [5.41, 5.74) is 0.953. The lowest BCUT2D eigenvalue weighted by Gasteiger charge is -2.27. The Balaban J connectivity index is 1.94. The number of anilines is 1. The van der Waals surface area contributed by atoms with Crippen molar-refractivity contribution in [1.82, 2.24) is 0 Å². The molecule has 1 saturated carbocycles. The van der Waals surface area contributed by atoms with Crippen LogP contribution < -0.4 is 5.32 Å². The molecule has 112 valence electrons. The van der Waals surface area contributed by atoms with Crippen LogP contribution in [0.1, 0.15) is 32.6 Å². The molecule has 0 radical (unpaired) electrons. The Morgan fingerprint density at radius 2 is 1.85 bits per heavy atom. The molecule has 1 aliphatic carbocycles. The average Bonchev–Trinajstić information content (AvgIpc) is 2.47. The second-order valence-corrected chi connectivity index (χ2v) is 8.21. The van der Waals surface area contributed by atoms with E-state index in [-0.39, 0.29) is 11.1 Å². The molecule has 0 aliphatic heterocycles. The fraction of sp³-hybridized carbons (Fsp3) is 0.600. The summed E-state index contributed by atoms with van der Waals surface area (Å²) in [4.78, 5) is 0.387. The highest BCUT2D eigenvalue weighted by Gasteiger charge is 2.22. The zero-order chi connectivity index (χ0) is 14.6. The molecule has 0 amide bonds. The smallest absolute Gasteiger partial charge is 0.178 e. The number of hydrogen-bond donors (Lipinski definition) is 1. The molecule has 0 saturated heterocycles. The van der Waals surface area contributed by atoms with Crippen molar-refractivity contribution in [2.24, 2.45) is 5.92 Å². The van der Waals surface area contributed by atoms with Crippen LogP contribution in [-0.2, 0) is 9.84 Å². The third kappa shape index (κ3) is 3.89. The van der Waals surface area contributed by atoms with Gasteiger partial charge in [0.2, 0.25) is 0 Å². The SMILES string of the molecule is CCS(=O)(=O)c1ccc(NCC2CCCCC2Cl)cc1. The Labute approximate surface area is 126 Å². The number of rotatable bonds is 5. The lowest BCUT2D eigenvalue weighted by atomic mass is 9.88. The van der Waals surface area contributed by atoms with E-state index < -0.39 is 9.84 Å². The standard InChI is InChI=1S/C15H22ClNO2S/c1-2-20(18,19)14-9-7-13(8-10-14)17-11-12-5-3-4-6-15(12)16/h7-10,12,15,17H,2-6,11H2,1H3. The van der Waals surface area contributed by atoms with Crippen LogP contribution in [0, 0.1) is 5.92 Å². The number of hydrogen-bond acceptors (Lipinski definition) is 3. The van der Waals surface area contributed by atoms with Crippen molar-refractivity contribution >= 4 is 27.1 Å². The summed E-state index contributed by atoms with van der Waals surface area (Å²) in [6, 6.07) is 6.99. The first-order valence-electron chi connectivity index (χ1n) is 7.23. The van der Waals surface area contributed by atoms with Crippen molar-refractivity contribution in [1.29, 1.82) is 0 Å². The van der Waals surface area contributed by atoms with Crippen LogP contribution in [0.2, 0.25) is 0 Å². The summed E-state index contributed by atoms with van der Waals surface area (Å²) < 4.78 is 23.4. The van der Waals surface area contributed by atoms with Crippen molar-refractivity contribution in [3.05, 3.63) is 24.3 Å². The predicted molar refractivity (Wildman–Crippen MR) is 84.3 cm³/mol. The van der Waals surface area contributed by atoms with E-state index in [0.717, 1.165) is 18.7 Å². The van der Waals surface area contributed by atoms with Gasteiger partial charge in [0, 0.05) is 17.6 Å². The van der Waals surface area contributed by atoms with Crippen molar-refractivity contribution in [3.8, 4) is 0 Å². The van der Waals surface area contributed by atoms with Crippen LogP contribution >= 0.6 is 11.6 Å². The molecule has 1 aromatic carbocycles. The second-order valence-electron chi connectivity index (χ2n) is 5.37. The van der Waals surface area contributed by atoms with E-state index in [9.17, 15) is 8.42 Å². The Hall–Kier alpha value is -0.740. The number of halogens is 1. The van der Waals surface area contributed by atoms with Gasteiger partial charge in [0.25, 0.3) is 0 Å².